The van der Waals surface area contributed by atoms with E-state index in [4.69, 9.17) is 36.2 Å². The maximum absolute atomic E-state index is 10.1. The second-order valence-corrected chi connectivity index (χ2v) is 4.77. The number of hydrogen-bond donors (Lipinski definition) is 5. The molecule has 0 spiro atoms. The summed E-state index contributed by atoms with van der Waals surface area (Å²) in [7, 11) is 0. The maximum Gasteiger partial charge on any atom is 1.00 e. The Labute approximate surface area is 258 Å². The molecule has 0 aromatic carbocycles. The number of carbonyl (C=O) groups excluding carboxylic acids is 4. The van der Waals surface area contributed by atoms with Gasteiger partial charge in [-0.1, -0.05) is 0 Å². The molecule has 12 nitrogen and oxygen atoms in total. The van der Waals surface area contributed by atoms with Crippen molar-refractivity contribution in [3.63, 3.8) is 0 Å². The molecular formula is C12H24K2N2O10S2. The van der Waals surface area contributed by atoms with Crippen molar-refractivity contribution in [2.45, 2.75) is 37.8 Å². The first-order valence-electron chi connectivity index (χ1n) is 6.58. The van der Waals surface area contributed by atoms with Crippen LogP contribution in [0, 0.1) is 0 Å². The second-order valence-electron chi connectivity index (χ2n) is 3.88. The molecule has 0 saturated carbocycles. The van der Waals surface area contributed by atoms with Crippen molar-refractivity contribution < 1.29 is 153 Å². The van der Waals surface area contributed by atoms with E-state index in [0.717, 1.165) is 12.8 Å². The van der Waals surface area contributed by atoms with Gasteiger partial charge in [0, 0.05) is 6.04 Å². The van der Waals surface area contributed by atoms with Crippen LogP contribution in [0.4, 0.5) is 0 Å². The fourth-order valence-electron chi connectivity index (χ4n) is 0.864. The molecule has 7 N–H and O–H groups in total. The third-order valence-corrected chi connectivity index (χ3v) is 2.64. The SMILES string of the molecule is NC(CCCS)C(=O)O.NC(CCCS)C(=O)[O-].O.O=C=O.O=CO[O-].[K+].[K+]. The van der Waals surface area contributed by atoms with Gasteiger partial charge in [0.25, 0.3) is 6.47 Å². The Bertz CT molecular complexity index is 354. The van der Waals surface area contributed by atoms with Crippen LogP contribution in [0.25, 0.3) is 0 Å². The zero-order valence-electron chi connectivity index (χ0n) is 15.7. The molecule has 2 unspecified atom stereocenters. The van der Waals surface area contributed by atoms with Crippen molar-refractivity contribution in [3.8, 4) is 0 Å². The van der Waals surface area contributed by atoms with Gasteiger partial charge in [0.05, 0.1) is 5.97 Å². The van der Waals surface area contributed by atoms with E-state index in [0.29, 0.717) is 24.3 Å². The van der Waals surface area contributed by atoms with Crippen molar-refractivity contribution in [2.75, 3.05) is 11.5 Å². The van der Waals surface area contributed by atoms with Crippen molar-refractivity contribution >= 4 is 49.8 Å². The van der Waals surface area contributed by atoms with Crippen molar-refractivity contribution in [1.82, 2.24) is 0 Å². The van der Waals surface area contributed by atoms with Crippen LogP contribution in [0.3, 0.4) is 0 Å². The molecule has 0 bridgehead atoms. The summed E-state index contributed by atoms with van der Waals surface area (Å²) in [6.45, 7) is -0.181. The third kappa shape index (κ3) is 56.4. The standard InChI is InChI=1S/2C5H11NO2S.CH2O3.CO2.2K.H2O/c2*6-4(5(7)8)2-1-3-9;2-1-4-3;2-1-3;;;/h2*4,9H,1-3,6H2,(H,7,8);1,3H;;;;1H2/q;;;;2*+1;/p-2. The Morgan fingerprint density at radius 1 is 1.07 bits per heavy atom. The molecule has 0 aliphatic rings. The molecule has 28 heavy (non-hydrogen) atoms. The van der Waals surface area contributed by atoms with Gasteiger partial charge in [-0.05, 0) is 37.2 Å². The summed E-state index contributed by atoms with van der Waals surface area (Å²) >= 11 is 7.81. The first kappa shape index (κ1) is 47.4. The van der Waals surface area contributed by atoms with Crippen LogP contribution in [0.15, 0.2) is 0 Å². The van der Waals surface area contributed by atoms with Gasteiger partial charge in [-0.3, -0.25) is 9.59 Å². The summed E-state index contributed by atoms with van der Waals surface area (Å²) in [6, 6.07) is -1.53. The van der Waals surface area contributed by atoms with Gasteiger partial charge in [0.15, 0.2) is 0 Å². The first-order valence-corrected chi connectivity index (χ1v) is 7.84. The molecule has 16 heteroatoms. The molecule has 0 aromatic rings. The zero-order chi connectivity index (χ0) is 20.7. The van der Waals surface area contributed by atoms with Gasteiger partial charge in [0.1, 0.15) is 6.04 Å². The number of rotatable bonds is 9. The molecule has 0 fully saturated rings. The van der Waals surface area contributed by atoms with E-state index in [1.165, 1.54) is 0 Å². The number of aliphatic carboxylic acids is 2. The predicted molar refractivity (Wildman–Crippen MR) is 90.5 cm³/mol. The Morgan fingerprint density at radius 2 is 1.36 bits per heavy atom. The van der Waals surface area contributed by atoms with Crippen LogP contribution in [0.1, 0.15) is 25.7 Å². The monoisotopic (exact) mass is 498 g/mol. The molecular weight excluding hydrogens is 474 g/mol. The first-order chi connectivity index (χ1) is 11.7. The minimum Gasteiger partial charge on any atom is -0.662 e. The van der Waals surface area contributed by atoms with Crippen LogP contribution in [0.5, 0.6) is 0 Å². The zero-order valence-corrected chi connectivity index (χ0v) is 23.8. The number of carboxylic acids is 2. The molecule has 0 radical (unpaired) electrons. The van der Waals surface area contributed by atoms with Gasteiger partial charge in [-0.15, -0.1) is 0 Å². The van der Waals surface area contributed by atoms with Crippen LogP contribution in [-0.4, -0.2) is 58.7 Å². The van der Waals surface area contributed by atoms with Crippen molar-refractivity contribution in [1.29, 1.82) is 0 Å². The van der Waals surface area contributed by atoms with Gasteiger partial charge in [0.2, 0.25) is 0 Å². The predicted octanol–water partition coefficient (Wildman–Crippen LogP) is -10.1. The quantitative estimate of drug-likeness (QED) is 0.0656. The number of thiol groups is 2. The second kappa shape index (κ2) is 42.7. The van der Waals surface area contributed by atoms with E-state index >= 15 is 0 Å². The fraction of sp³-hybridized carbons (Fsp3) is 0.667. The van der Waals surface area contributed by atoms with Gasteiger partial charge in [-0.25, -0.2) is 0 Å². The van der Waals surface area contributed by atoms with E-state index in [1.54, 1.807) is 0 Å². The summed E-state index contributed by atoms with van der Waals surface area (Å²) in [5.41, 5.74) is 10.3. The van der Waals surface area contributed by atoms with E-state index < -0.39 is 24.0 Å². The van der Waals surface area contributed by atoms with Crippen LogP contribution in [0.2, 0.25) is 0 Å². The number of hydrogen-bond acceptors (Lipinski definition) is 12. The van der Waals surface area contributed by atoms with E-state index in [9.17, 15) is 14.7 Å². The molecule has 0 amide bonds. The molecule has 0 aliphatic heterocycles. The van der Waals surface area contributed by atoms with E-state index in [-0.39, 0.29) is 121 Å². The summed E-state index contributed by atoms with van der Waals surface area (Å²) in [5.74, 6) is -0.754. The van der Waals surface area contributed by atoms with Crippen LogP contribution < -0.4 is 125 Å². The molecule has 156 valence electrons. The van der Waals surface area contributed by atoms with Crippen LogP contribution >= 0.6 is 25.3 Å². The van der Waals surface area contributed by atoms with E-state index in [2.05, 4.69) is 30.1 Å². The third-order valence-electron chi connectivity index (χ3n) is 2.01. The molecule has 2 atom stereocenters. The topological polar surface area (TPSA) is 244 Å². The Morgan fingerprint density at radius 3 is 1.54 bits per heavy atom. The van der Waals surface area contributed by atoms with Gasteiger partial charge in [-0.2, -0.15) is 34.8 Å². The maximum atomic E-state index is 10.1. The number of nitrogens with two attached hydrogens (primary N) is 2. The molecule has 0 rings (SSSR count). The smallest absolute Gasteiger partial charge is 0.662 e. The molecule has 0 heterocycles. The van der Waals surface area contributed by atoms with Gasteiger partial charge >= 0.3 is 115 Å². The Kier molecular flexibility index (Phi) is 72.2. The molecule has 0 saturated heterocycles. The number of carboxylic acid groups (broad SMARTS) is 2. The molecule has 0 aliphatic carbocycles. The summed E-state index contributed by atoms with van der Waals surface area (Å²) in [5, 5.41) is 26.6. The van der Waals surface area contributed by atoms with Crippen LogP contribution in [-0.2, 0) is 28.9 Å². The Hall–Kier alpha value is 1.60. The van der Waals surface area contributed by atoms with Crippen molar-refractivity contribution in [2.24, 2.45) is 11.5 Å². The summed E-state index contributed by atoms with van der Waals surface area (Å²) in [6.07, 6.45) is 2.69. The average Bonchev–Trinajstić information content (AvgIpc) is 2.58. The van der Waals surface area contributed by atoms with Crippen molar-refractivity contribution in [3.05, 3.63) is 0 Å². The minimum atomic E-state index is -1.18. The molecule has 0 aromatic heterocycles. The summed E-state index contributed by atoms with van der Waals surface area (Å²) < 4.78 is 0. The summed E-state index contributed by atoms with van der Waals surface area (Å²) in [4.78, 5) is 47.5. The minimum absolute atomic E-state index is 0. The fourth-order valence-corrected chi connectivity index (χ4v) is 1.23. The Balaban J connectivity index is -0.0000000440. The average molecular weight is 499 g/mol. The largest absolute Gasteiger partial charge is 1.00 e. The van der Waals surface area contributed by atoms with E-state index in [1.807, 2.05) is 0 Å². The van der Waals surface area contributed by atoms with Gasteiger partial charge < -0.3 is 42.1 Å². The number of carbonyl (C=O) groups is 3. The normalized spacial score (nSPS) is 9.46.